The molecule has 5 heteroatoms. The molecule has 0 aromatic heterocycles. The Hall–Kier alpha value is 1.38. The van der Waals surface area contributed by atoms with E-state index < -0.39 is 3.96 Å². The second kappa shape index (κ2) is 3.52. The number of hydrogen-bond acceptors (Lipinski definition) is 0. The van der Waals surface area contributed by atoms with Gasteiger partial charge in [-0.05, 0) is 0 Å². The first-order valence-corrected chi connectivity index (χ1v) is 4.79. The molecule has 1 unspecified atom stereocenters. The van der Waals surface area contributed by atoms with Crippen LogP contribution in [0.2, 0.25) is 0 Å². The van der Waals surface area contributed by atoms with Gasteiger partial charge in [0.2, 0.25) is 0 Å². The first-order chi connectivity index (χ1) is 3.48. The smallest absolute Gasteiger partial charge is 0.114 e. The Kier molecular flexibility index (Phi) is 4.13. The Morgan fingerprint density at radius 1 is 1.50 bits per heavy atom. The van der Waals surface area contributed by atoms with E-state index in [9.17, 15) is 0 Å². The number of halogens is 4. The van der Waals surface area contributed by atoms with E-state index in [1.54, 1.807) is 0 Å². The van der Waals surface area contributed by atoms with Gasteiger partial charge in [0, 0.05) is 5.88 Å². The first-order valence-electron chi connectivity index (χ1n) is 2.06. The van der Waals surface area contributed by atoms with E-state index in [-0.39, 0.29) is 5.38 Å². The van der Waals surface area contributed by atoms with E-state index >= 15 is 0 Å². The Balaban J connectivity index is 3.62. The van der Waals surface area contributed by atoms with Crippen molar-refractivity contribution in [1.29, 1.82) is 0 Å². The average Bonchev–Trinajstić information content (AvgIpc) is 1.62. The largest absolute Gasteiger partial charge is 0.125 e. The van der Waals surface area contributed by atoms with E-state index in [1.165, 1.54) is 0 Å². The topological polar surface area (TPSA) is 0 Å². The van der Waals surface area contributed by atoms with Gasteiger partial charge in [-0.25, -0.2) is 0 Å². The van der Waals surface area contributed by atoms with Crippen molar-refractivity contribution in [3.63, 3.8) is 0 Å². The fourth-order valence-electron chi connectivity index (χ4n) is 0.135. The number of alkyl halides is 4. The predicted octanol–water partition coefficient (Wildman–Crippen LogP) is 1.33. The molecule has 0 saturated carbocycles. The van der Waals surface area contributed by atoms with Crippen LogP contribution in [0, 0.1) is 0 Å². The molecule has 0 bridgehead atoms. The van der Waals surface area contributed by atoms with Gasteiger partial charge in [0.05, 0.1) is 15.6 Å². The Morgan fingerprint density at radius 2 is 1.88 bits per heavy atom. The zero-order valence-electron chi connectivity index (χ0n) is 4.30. The first kappa shape index (κ1) is 9.38. The zero-order chi connectivity index (χ0) is 6.78. The lowest BCUT2D eigenvalue weighted by Crippen LogP contribution is -2.27. The highest BCUT2D eigenvalue weighted by Crippen LogP contribution is 2.25. The van der Waals surface area contributed by atoms with E-state index in [1.807, 2.05) is 0 Å². The maximum absolute atomic E-state index is 5.59. The summed E-state index contributed by atoms with van der Waals surface area (Å²) in [7, 11) is 0.636. The van der Waals surface area contributed by atoms with Gasteiger partial charge in [-0.15, -0.1) is 46.4 Å². The standard InChI is InChI=1S/C3H6Cl4Si/c4-1-2(5)3(6,7)8/h2H,1H2,8H3. The Labute approximate surface area is 71.9 Å². The monoisotopic (exact) mass is 210 g/mol. The zero-order valence-corrected chi connectivity index (χ0v) is 9.32. The molecule has 0 saturated heterocycles. The molecule has 8 heavy (non-hydrogen) atoms. The molecule has 0 aliphatic heterocycles. The van der Waals surface area contributed by atoms with Gasteiger partial charge < -0.3 is 0 Å². The maximum atomic E-state index is 5.59. The highest BCUT2D eigenvalue weighted by molar-refractivity contribution is 6.68. The summed E-state index contributed by atoms with van der Waals surface area (Å²) < 4.78 is -0.774. The molecule has 0 radical (unpaired) electrons. The number of rotatable bonds is 2. The van der Waals surface area contributed by atoms with Gasteiger partial charge in [-0.3, -0.25) is 0 Å². The molecule has 1 atom stereocenters. The van der Waals surface area contributed by atoms with E-state index in [4.69, 9.17) is 46.4 Å². The van der Waals surface area contributed by atoms with Crippen molar-refractivity contribution < 1.29 is 0 Å². The van der Waals surface area contributed by atoms with Gasteiger partial charge in [-0.2, -0.15) is 0 Å². The summed E-state index contributed by atoms with van der Waals surface area (Å²) in [5.74, 6) is 0.304. The highest BCUT2D eigenvalue weighted by atomic mass is 35.5. The third-order valence-electron chi connectivity index (χ3n) is 0.685. The van der Waals surface area contributed by atoms with Crippen LogP contribution in [-0.2, 0) is 0 Å². The lowest BCUT2D eigenvalue weighted by molar-refractivity contribution is 0.991. The average molecular weight is 212 g/mol. The van der Waals surface area contributed by atoms with Crippen LogP contribution in [0.4, 0.5) is 0 Å². The van der Waals surface area contributed by atoms with Crippen molar-refractivity contribution in [2.24, 2.45) is 0 Å². The van der Waals surface area contributed by atoms with Crippen LogP contribution in [-0.4, -0.2) is 25.5 Å². The quantitative estimate of drug-likeness (QED) is 0.478. The van der Waals surface area contributed by atoms with Crippen molar-refractivity contribution in [1.82, 2.24) is 0 Å². The van der Waals surface area contributed by atoms with Crippen LogP contribution in [0.15, 0.2) is 0 Å². The molecule has 0 amide bonds. The van der Waals surface area contributed by atoms with Crippen LogP contribution < -0.4 is 0 Å². The third-order valence-corrected chi connectivity index (χ3v) is 3.56. The van der Waals surface area contributed by atoms with Crippen LogP contribution >= 0.6 is 46.4 Å². The highest BCUT2D eigenvalue weighted by Gasteiger charge is 2.26. The Morgan fingerprint density at radius 3 is 1.88 bits per heavy atom. The molecule has 0 rings (SSSR count). The summed E-state index contributed by atoms with van der Waals surface area (Å²) in [5.41, 5.74) is 0. The van der Waals surface area contributed by atoms with Crippen LogP contribution in [0.5, 0.6) is 0 Å². The van der Waals surface area contributed by atoms with Crippen LogP contribution in [0.25, 0.3) is 0 Å². The SMILES string of the molecule is [SiH3]C(Cl)(Cl)C(Cl)CCl. The molecule has 0 aromatic rings. The summed E-state index contributed by atoms with van der Waals surface area (Å²) in [6, 6.07) is 0. The molecule has 0 aliphatic carbocycles. The van der Waals surface area contributed by atoms with Crippen molar-refractivity contribution in [3.8, 4) is 0 Å². The number of hydrogen-bond donors (Lipinski definition) is 0. The fourth-order valence-corrected chi connectivity index (χ4v) is 1.22. The van der Waals surface area contributed by atoms with E-state index in [2.05, 4.69) is 0 Å². The fraction of sp³-hybridized carbons (Fsp3) is 1.00. The summed E-state index contributed by atoms with van der Waals surface area (Å²) in [6.07, 6.45) is 0. The minimum Gasteiger partial charge on any atom is -0.125 e. The minimum absolute atomic E-state index is 0.304. The second-order valence-corrected chi connectivity index (χ2v) is 7.02. The summed E-state index contributed by atoms with van der Waals surface area (Å²) >= 11 is 22.1. The van der Waals surface area contributed by atoms with Gasteiger partial charge in [-0.1, -0.05) is 0 Å². The lowest BCUT2D eigenvalue weighted by atomic mass is 10.5. The Bertz CT molecular complexity index is 68.2. The predicted molar refractivity (Wildman–Crippen MR) is 44.7 cm³/mol. The van der Waals surface area contributed by atoms with E-state index in [0.717, 1.165) is 0 Å². The molecule has 50 valence electrons. The third kappa shape index (κ3) is 3.41. The van der Waals surface area contributed by atoms with E-state index in [0.29, 0.717) is 16.1 Å². The maximum Gasteiger partial charge on any atom is 0.114 e. The van der Waals surface area contributed by atoms with Crippen molar-refractivity contribution in [2.75, 3.05) is 5.88 Å². The summed E-state index contributed by atoms with van der Waals surface area (Å²) in [6.45, 7) is 0. The molecule has 0 N–H and O–H groups in total. The van der Waals surface area contributed by atoms with Crippen LogP contribution in [0.1, 0.15) is 0 Å². The molecule has 0 spiro atoms. The van der Waals surface area contributed by atoms with Crippen molar-refractivity contribution in [3.05, 3.63) is 0 Å². The summed E-state index contributed by atoms with van der Waals surface area (Å²) in [4.78, 5) is 0. The molecule has 0 heterocycles. The van der Waals surface area contributed by atoms with Gasteiger partial charge in [0.1, 0.15) is 3.96 Å². The van der Waals surface area contributed by atoms with Gasteiger partial charge >= 0.3 is 0 Å². The normalized spacial score (nSPS) is 16.5. The lowest BCUT2D eigenvalue weighted by Gasteiger charge is -2.16. The molecule has 0 nitrogen and oxygen atoms in total. The van der Waals surface area contributed by atoms with Gasteiger partial charge in [0.25, 0.3) is 0 Å². The van der Waals surface area contributed by atoms with Crippen LogP contribution in [0.3, 0.4) is 0 Å². The second-order valence-electron chi connectivity index (χ2n) is 1.58. The minimum atomic E-state index is -0.774. The van der Waals surface area contributed by atoms with Crippen molar-refractivity contribution in [2.45, 2.75) is 9.33 Å². The molecule has 0 aromatic carbocycles. The molecule has 0 fully saturated rings. The molecule has 0 aliphatic rings. The molecular weight excluding hydrogens is 206 g/mol. The summed E-state index contributed by atoms with van der Waals surface area (Å²) in [5, 5.41) is -0.320. The van der Waals surface area contributed by atoms with Gasteiger partial charge in [0.15, 0.2) is 0 Å². The van der Waals surface area contributed by atoms with Crippen molar-refractivity contribution >= 4 is 56.6 Å². The molecular formula is C3H6Cl4Si.